The summed E-state index contributed by atoms with van der Waals surface area (Å²) in [6.45, 7) is 3.79. The molecule has 0 bridgehead atoms. The molecule has 2 N–H and O–H groups in total. The number of para-hydroxylation sites is 1. The number of rotatable bonds is 7. The predicted molar refractivity (Wildman–Crippen MR) is 141 cm³/mol. The maximum atomic E-state index is 13.6. The van der Waals surface area contributed by atoms with E-state index in [2.05, 4.69) is 20.6 Å². The van der Waals surface area contributed by atoms with Crippen molar-refractivity contribution >= 4 is 35.0 Å². The molecule has 1 atom stereocenters. The number of hydrogen-bond donors (Lipinski definition) is 2. The minimum absolute atomic E-state index is 0.0479. The lowest BCUT2D eigenvalue weighted by Gasteiger charge is -2.28. The number of non-ortho nitro benzene ring substituents is 1. The fourth-order valence-electron chi connectivity index (χ4n) is 4.11. The van der Waals surface area contributed by atoms with Gasteiger partial charge in [0.2, 0.25) is 11.1 Å². The van der Waals surface area contributed by atoms with Crippen molar-refractivity contribution in [3.05, 3.63) is 111 Å². The van der Waals surface area contributed by atoms with Gasteiger partial charge >= 0.3 is 0 Å². The van der Waals surface area contributed by atoms with E-state index in [0.717, 1.165) is 22.4 Å². The zero-order valence-electron chi connectivity index (χ0n) is 20.1. The van der Waals surface area contributed by atoms with E-state index in [1.165, 1.54) is 23.9 Å². The number of hydrogen-bond acceptors (Lipinski definition) is 8. The van der Waals surface area contributed by atoms with Crippen molar-refractivity contribution in [2.45, 2.75) is 30.8 Å². The van der Waals surface area contributed by atoms with Gasteiger partial charge in [-0.05, 0) is 48.7 Å². The summed E-state index contributed by atoms with van der Waals surface area (Å²) >= 11 is 1.41. The van der Waals surface area contributed by atoms with Gasteiger partial charge in [-0.25, -0.2) is 4.68 Å². The first-order valence-electron chi connectivity index (χ1n) is 11.5. The number of anilines is 2. The third kappa shape index (κ3) is 5.07. The van der Waals surface area contributed by atoms with E-state index >= 15 is 0 Å². The van der Waals surface area contributed by atoms with Crippen molar-refractivity contribution in [2.75, 3.05) is 10.6 Å². The van der Waals surface area contributed by atoms with Gasteiger partial charge in [-0.15, -0.1) is 5.10 Å². The lowest BCUT2D eigenvalue weighted by Crippen LogP contribution is -2.31. The van der Waals surface area contributed by atoms with E-state index in [-0.39, 0.29) is 11.6 Å². The number of nitro benzene ring substituents is 1. The molecule has 1 unspecified atom stereocenters. The van der Waals surface area contributed by atoms with Crippen LogP contribution in [0, 0.1) is 17.0 Å². The first-order valence-corrected chi connectivity index (χ1v) is 12.5. The highest BCUT2D eigenvalue weighted by molar-refractivity contribution is 7.98. The van der Waals surface area contributed by atoms with Gasteiger partial charge in [0.1, 0.15) is 6.04 Å². The van der Waals surface area contributed by atoms with Crippen molar-refractivity contribution in [3.63, 3.8) is 0 Å². The molecule has 186 valence electrons. The van der Waals surface area contributed by atoms with E-state index in [9.17, 15) is 14.9 Å². The van der Waals surface area contributed by atoms with Gasteiger partial charge in [0.15, 0.2) is 0 Å². The quantitative estimate of drug-likeness (QED) is 0.198. The van der Waals surface area contributed by atoms with Gasteiger partial charge in [0.25, 0.3) is 11.6 Å². The van der Waals surface area contributed by atoms with Crippen LogP contribution in [0.3, 0.4) is 0 Å². The summed E-state index contributed by atoms with van der Waals surface area (Å²) in [6.07, 6.45) is 3.37. The number of nitrogens with zero attached hydrogens (tertiary/aromatic N) is 5. The first-order chi connectivity index (χ1) is 17.9. The monoisotopic (exact) mass is 513 g/mol. The SMILES string of the molecule is CC1=C(C(=O)Nc2ccccc2C)C(c2ccncc2)n2nc(SCc3ccc([N+](=O)[O-])cc3)nc2N1. The number of aromatic nitrogens is 4. The highest BCUT2D eigenvalue weighted by Gasteiger charge is 2.34. The van der Waals surface area contributed by atoms with Crippen LogP contribution in [0.1, 0.15) is 29.7 Å². The minimum atomic E-state index is -0.510. The normalized spacial score (nSPS) is 14.6. The van der Waals surface area contributed by atoms with Crippen LogP contribution in [0.15, 0.2) is 89.5 Å². The van der Waals surface area contributed by atoms with Crippen LogP contribution >= 0.6 is 11.8 Å². The Morgan fingerprint density at radius 3 is 2.54 bits per heavy atom. The molecule has 0 fully saturated rings. The van der Waals surface area contributed by atoms with Crippen LogP contribution in [0.25, 0.3) is 0 Å². The Bertz CT molecular complexity index is 1500. The molecule has 3 heterocycles. The molecular formula is C26H23N7O3S. The molecular weight excluding hydrogens is 490 g/mol. The smallest absolute Gasteiger partial charge is 0.269 e. The second kappa shape index (κ2) is 10.2. The molecule has 11 heteroatoms. The van der Waals surface area contributed by atoms with E-state index < -0.39 is 11.0 Å². The van der Waals surface area contributed by atoms with Crippen LogP contribution in [0.2, 0.25) is 0 Å². The van der Waals surface area contributed by atoms with Crippen LogP contribution in [-0.2, 0) is 10.5 Å². The number of thioether (sulfide) groups is 1. The molecule has 5 rings (SSSR count). The van der Waals surface area contributed by atoms with E-state index in [4.69, 9.17) is 5.10 Å². The van der Waals surface area contributed by atoms with E-state index in [1.54, 1.807) is 29.2 Å². The van der Waals surface area contributed by atoms with Crippen LogP contribution in [0.4, 0.5) is 17.3 Å². The third-order valence-corrected chi connectivity index (χ3v) is 6.92. The maximum absolute atomic E-state index is 13.6. The van der Waals surface area contributed by atoms with Crippen LogP contribution in [-0.4, -0.2) is 30.6 Å². The van der Waals surface area contributed by atoms with Gasteiger partial charge in [-0.3, -0.25) is 19.9 Å². The maximum Gasteiger partial charge on any atom is 0.269 e. The molecule has 2 aromatic heterocycles. The molecule has 37 heavy (non-hydrogen) atoms. The standard InChI is InChI=1S/C26H23N7O3S/c1-16-5-3-4-6-21(16)29-24(34)22-17(2)28-25-30-26(31-32(25)23(22)19-11-13-27-14-12-19)37-15-18-7-9-20(10-8-18)33(35)36/h3-14,23H,15H2,1-2H3,(H,29,34)(H,28,30,31). The van der Waals surface area contributed by atoms with Crippen molar-refractivity contribution in [3.8, 4) is 0 Å². The van der Waals surface area contributed by atoms with Crippen LogP contribution < -0.4 is 10.6 Å². The molecule has 0 radical (unpaired) electrons. The number of carbonyl (C=O) groups excluding carboxylic acids is 1. The molecule has 4 aromatic rings. The first kappa shape index (κ1) is 24.2. The molecule has 0 saturated heterocycles. The number of carbonyl (C=O) groups is 1. The topological polar surface area (TPSA) is 128 Å². The average molecular weight is 514 g/mol. The Morgan fingerprint density at radius 2 is 1.84 bits per heavy atom. The number of allylic oxidation sites excluding steroid dienone is 1. The Hall–Kier alpha value is -4.51. The zero-order chi connectivity index (χ0) is 25.9. The highest BCUT2D eigenvalue weighted by atomic mass is 32.2. The summed E-state index contributed by atoms with van der Waals surface area (Å²) in [6, 6.07) is 17.2. The Morgan fingerprint density at radius 1 is 1.11 bits per heavy atom. The number of nitro groups is 1. The van der Waals surface area contributed by atoms with Crippen molar-refractivity contribution < 1.29 is 9.72 Å². The molecule has 1 aliphatic rings. The number of nitrogens with one attached hydrogen (secondary N) is 2. The lowest BCUT2D eigenvalue weighted by atomic mass is 9.95. The summed E-state index contributed by atoms with van der Waals surface area (Å²) in [4.78, 5) is 32.8. The molecule has 0 aliphatic carbocycles. The molecule has 1 amide bonds. The summed E-state index contributed by atoms with van der Waals surface area (Å²) in [5.74, 6) is 0.828. The van der Waals surface area contributed by atoms with Gasteiger partial charge in [0.05, 0.1) is 10.5 Å². The van der Waals surface area contributed by atoms with Gasteiger partial charge in [0, 0.05) is 41.7 Å². The minimum Gasteiger partial charge on any atom is -0.328 e. The lowest BCUT2D eigenvalue weighted by molar-refractivity contribution is -0.384. The molecule has 0 saturated carbocycles. The number of fused-ring (bicyclic) bond motifs is 1. The van der Waals surface area contributed by atoms with Gasteiger partial charge in [-0.2, -0.15) is 4.98 Å². The van der Waals surface area contributed by atoms with E-state index in [1.807, 2.05) is 50.2 Å². The van der Waals surface area contributed by atoms with Crippen molar-refractivity contribution in [1.82, 2.24) is 19.7 Å². The Balaban J connectivity index is 1.44. The Labute approximate surface area is 217 Å². The predicted octanol–water partition coefficient (Wildman–Crippen LogP) is 5.11. The molecule has 0 spiro atoms. The largest absolute Gasteiger partial charge is 0.328 e. The molecule has 10 nitrogen and oxygen atoms in total. The summed E-state index contributed by atoms with van der Waals surface area (Å²) < 4.78 is 1.72. The number of benzene rings is 2. The Kier molecular flexibility index (Phi) is 6.69. The van der Waals surface area contributed by atoms with Crippen molar-refractivity contribution in [1.29, 1.82) is 0 Å². The summed E-state index contributed by atoms with van der Waals surface area (Å²) in [7, 11) is 0. The summed E-state index contributed by atoms with van der Waals surface area (Å²) in [5, 5.41) is 22.4. The number of amides is 1. The van der Waals surface area contributed by atoms with Crippen LogP contribution in [0.5, 0.6) is 0 Å². The zero-order valence-corrected chi connectivity index (χ0v) is 20.9. The second-order valence-corrected chi connectivity index (χ2v) is 9.43. The van der Waals surface area contributed by atoms with E-state index in [0.29, 0.717) is 28.1 Å². The number of pyridine rings is 1. The molecule has 1 aliphatic heterocycles. The van der Waals surface area contributed by atoms with Crippen molar-refractivity contribution in [2.24, 2.45) is 0 Å². The summed E-state index contributed by atoms with van der Waals surface area (Å²) in [5.41, 5.74) is 4.72. The molecule has 2 aromatic carbocycles. The number of aryl methyl sites for hydroxylation is 1. The van der Waals surface area contributed by atoms with Gasteiger partial charge in [-0.1, -0.05) is 42.1 Å². The fraction of sp³-hybridized carbons (Fsp3) is 0.154. The average Bonchev–Trinajstić information content (AvgIpc) is 3.31. The highest BCUT2D eigenvalue weighted by Crippen LogP contribution is 2.37. The van der Waals surface area contributed by atoms with Gasteiger partial charge < -0.3 is 10.6 Å². The second-order valence-electron chi connectivity index (χ2n) is 8.49. The fourth-order valence-corrected chi connectivity index (χ4v) is 4.89. The third-order valence-electron chi connectivity index (χ3n) is 6.01.